The molecule has 13 heteroatoms. The van der Waals surface area contributed by atoms with Crippen molar-refractivity contribution in [3.63, 3.8) is 0 Å². The molecule has 4 heterocycles. The Labute approximate surface area is 258 Å². The minimum Gasteiger partial charge on any atom is -0.339 e. The van der Waals surface area contributed by atoms with Gasteiger partial charge in [0.1, 0.15) is 5.69 Å². The van der Waals surface area contributed by atoms with Crippen LogP contribution in [-0.2, 0) is 10.0 Å². The lowest BCUT2D eigenvalue weighted by Gasteiger charge is -2.42. The molecular weight excluding hydrogens is 580 g/mol. The number of sulfonamides is 1. The maximum absolute atomic E-state index is 13.4. The molecule has 2 aromatic carbocycles. The van der Waals surface area contributed by atoms with E-state index in [1.807, 2.05) is 24.0 Å². The molecule has 0 radical (unpaired) electrons. The topological polar surface area (TPSA) is 122 Å². The van der Waals surface area contributed by atoms with Gasteiger partial charge < -0.3 is 20.0 Å². The number of hydrogen-bond donors (Lipinski definition) is 1. The number of aryl methyl sites for hydroxylation is 1. The molecule has 2 amide bonds. The number of benzene rings is 2. The van der Waals surface area contributed by atoms with E-state index in [1.54, 1.807) is 37.4 Å². The molecule has 2 saturated heterocycles. The quantitative estimate of drug-likeness (QED) is 0.460. The number of aromatic nitrogens is 2. The van der Waals surface area contributed by atoms with E-state index in [4.69, 9.17) is 0 Å². The lowest BCUT2D eigenvalue weighted by molar-refractivity contribution is 0.0518. The number of carbonyl (C=O) groups excluding carboxylic acids is 2. The van der Waals surface area contributed by atoms with E-state index in [1.165, 1.54) is 11.1 Å². The molecule has 2 fully saturated rings. The van der Waals surface area contributed by atoms with Crippen molar-refractivity contribution in [3.05, 3.63) is 65.4 Å². The third kappa shape index (κ3) is 5.74. The molecule has 0 bridgehead atoms. The van der Waals surface area contributed by atoms with Crippen molar-refractivity contribution in [2.45, 2.75) is 25.8 Å². The minimum absolute atomic E-state index is 0.0212. The first-order valence-corrected chi connectivity index (χ1v) is 16.7. The Morgan fingerprint density at radius 2 is 1.66 bits per heavy atom. The molecule has 44 heavy (non-hydrogen) atoms. The second-order valence-electron chi connectivity index (χ2n) is 11.8. The summed E-state index contributed by atoms with van der Waals surface area (Å²) in [4.78, 5) is 43.8. The summed E-state index contributed by atoms with van der Waals surface area (Å²) in [5.41, 5.74) is 2.85. The van der Waals surface area contributed by atoms with Crippen LogP contribution in [0.1, 0.15) is 39.1 Å². The molecule has 0 spiro atoms. The van der Waals surface area contributed by atoms with Gasteiger partial charge in [0.15, 0.2) is 5.82 Å². The van der Waals surface area contributed by atoms with Crippen LogP contribution in [0.25, 0.3) is 0 Å². The zero-order valence-electron chi connectivity index (χ0n) is 25.5. The van der Waals surface area contributed by atoms with Gasteiger partial charge in [0.05, 0.1) is 23.7 Å². The predicted octanol–water partition coefficient (Wildman–Crippen LogP) is 3.07. The van der Waals surface area contributed by atoms with E-state index in [0.29, 0.717) is 17.3 Å². The first kappa shape index (κ1) is 30.0. The Bertz CT molecular complexity index is 1700. The molecular formula is C31H38N8O4S. The number of nitrogens with zero attached hydrogens (tertiary/aromatic N) is 7. The van der Waals surface area contributed by atoms with E-state index >= 15 is 0 Å². The lowest BCUT2D eigenvalue weighted by atomic mass is 10.0. The van der Waals surface area contributed by atoms with Gasteiger partial charge in [-0.15, -0.1) is 0 Å². The van der Waals surface area contributed by atoms with Crippen molar-refractivity contribution < 1.29 is 18.0 Å². The van der Waals surface area contributed by atoms with E-state index in [2.05, 4.69) is 32.1 Å². The van der Waals surface area contributed by atoms with Gasteiger partial charge in [0.2, 0.25) is 16.0 Å². The van der Waals surface area contributed by atoms with Crippen LogP contribution in [0.2, 0.25) is 0 Å². The van der Waals surface area contributed by atoms with Crippen molar-refractivity contribution in [1.29, 1.82) is 0 Å². The molecule has 232 valence electrons. The Morgan fingerprint density at radius 3 is 2.34 bits per heavy atom. The molecule has 3 aliphatic rings. The highest BCUT2D eigenvalue weighted by molar-refractivity contribution is 7.92. The zero-order valence-corrected chi connectivity index (χ0v) is 26.3. The van der Waals surface area contributed by atoms with Gasteiger partial charge in [-0.25, -0.2) is 17.7 Å². The number of fused-ring (bicyclic) bond motifs is 2. The molecule has 1 aromatic heterocycles. The van der Waals surface area contributed by atoms with Crippen molar-refractivity contribution in [1.82, 2.24) is 24.7 Å². The number of anilines is 5. The number of nitrogens with one attached hydrogen (secondary N) is 1. The Kier molecular flexibility index (Phi) is 8.03. The van der Waals surface area contributed by atoms with Crippen LogP contribution in [0.3, 0.4) is 0 Å². The second-order valence-corrected chi connectivity index (χ2v) is 13.7. The highest BCUT2D eigenvalue weighted by Gasteiger charge is 2.35. The number of rotatable bonds is 5. The number of likely N-dealkylation sites (tertiary alicyclic amines) is 1. The van der Waals surface area contributed by atoms with Crippen molar-refractivity contribution in [3.8, 4) is 0 Å². The molecule has 0 atom stereocenters. The van der Waals surface area contributed by atoms with Crippen molar-refractivity contribution in [2.24, 2.45) is 0 Å². The van der Waals surface area contributed by atoms with E-state index in [9.17, 15) is 18.0 Å². The summed E-state index contributed by atoms with van der Waals surface area (Å²) >= 11 is 0. The van der Waals surface area contributed by atoms with Crippen LogP contribution in [-0.4, -0.2) is 111 Å². The number of amides is 2. The van der Waals surface area contributed by atoms with Crippen LogP contribution in [0.5, 0.6) is 0 Å². The van der Waals surface area contributed by atoms with Crippen LogP contribution < -0.4 is 14.5 Å². The molecule has 0 unspecified atom stereocenters. The number of carbonyl (C=O) groups is 2. The van der Waals surface area contributed by atoms with Gasteiger partial charge in [-0.1, -0.05) is 12.1 Å². The monoisotopic (exact) mass is 618 g/mol. The summed E-state index contributed by atoms with van der Waals surface area (Å²) in [6.45, 7) is 7.75. The summed E-state index contributed by atoms with van der Waals surface area (Å²) in [5.74, 6) is -0.120. The molecule has 6 rings (SSSR count). The third-order valence-corrected chi connectivity index (χ3v) is 9.85. The maximum atomic E-state index is 13.4. The van der Waals surface area contributed by atoms with Crippen LogP contribution >= 0.6 is 0 Å². The van der Waals surface area contributed by atoms with Gasteiger partial charge >= 0.3 is 0 Å². The van der Waals surface area contributed by atoms with Gasteiger partial charge in [-0.2, -0.15) is 4.98 Å². The largest absolute Gasteiger partial charge is 0.339 e. The number of piperidine rings is 1. The van der Waals surface area contributed by atoms with Crippen molar-refractivity contribution >= 4 is 50.7 Å². The SMILES string of the molecule is Cc1cc(C(=O)N2CCC(N3CCN(C)CC3)CC2)ccc1Nc1ncc2c(n1)N(S(C)(=O)=O)c1ccccc1C(=O)N2C. The minimum atomic E-state index is -3.87. The van der Waals surface area contributed by atoms with Crippen LogP contribution in [0.15, 0.2) is 48.7 Å². The Balaban J connectivity index is 1.20. The highest BCUT2D eigenvalue weighted by atomic mass is 32.2. The summed E-state index contributed by atoms with van der Waals surface area (Å²) in [6, 6.07) is 12.5. The van der Waals surface area contributed by atoms with Crippen LogP contribution in [0, 0.1) is 6.92 Å². The highest BCUT2D eigenvalue weighted by Crippen LogP contribution is 2.40. The standard InChI is InChI=1S/C31H38N8O4S/c1-21-19-22(29(40)38-13-11-23(12-14-38)37-17-15-35(2)16-18-37)9-10-25(21)33-31-32-20-27-28(34-31)39(44(4,42)43)26-8-6-5-7-24(26)30(41)36(27)3/h5-10,19-20,23H,11-18H2,1-4H3,(H,32,33,34). The average Bonchev–Trinajstić information content (AvgIpc) is 3.10. The number of para-hydroxylation sites is 1. The Hall–Kier alpha value is -4.07. The van der Waals surface area contributed by atoms with E-state index < -0.39 is 10.0 Å². The fraction of sp³-hybridized carbons (Fsp3) is 0.419. The van der Waals surface area contributed by atoms with Crippen molar-refractivity contribution in [2.75, 3.05) is 74.1 Å². The fourth-order valence-electron chi connectivity index (χ4n) is 6.25. The molecule has 3 aromatic rings. The predicted molar refractivity (Wildman–Crippen MR) is 171 cm³/mol. The lowest BCUT2D eigenvalue weighted by Crippen LogP contribution is -2.52. The van der Waals surface area contributed by atoms with Gasteiger partial charge in [-0.3, -0.25) is 14.5 Å². The Morgan fingerprint density at radius 1 is 0.955 bits per heavy atom. The molecule has 3 aliphatic heterocycles. The summed E-state index contributed by atoms with van der Waals surface area (Å²) in [6.07, 6.45) is 4.48. The summed E-state index contributed by atoms with van der Waals surface area (Å²) in [5, 5.41) is 3.17. The zero-order chi connectivity index (χ0) is 31.2. The number of piperazine rings is 1. The second kappa shape index (κ2) is 11.8. The van der Waals surface area contributed by atoms with Gasteiger partial charge in [0.25, 0.3) is 11.8 Å². The summed E-state index contributed by atoms with van der Waals surface area (Å²) in [7, 11) is -0.142. The van der Waals surface area contributed by atoms with E-state index in [-0.39, 0.29) is 40.5 Å². The smallest absolute Gasteiger partial charge is 0.260 e. The molecule has 0 saturated carbocycles. The average molecular weight is 619 g/mol. The van der Waals surface area contributed by atoms with Gasteiger partial charge in [-0.05, 0) is 62.7 Å². The maximum Gasteiger partial charge on any atom is 0.260 e. The molecule has 12 nitrogen and oxygen atoms in total. The number of likely N-dealkylation sites (N-methyl/N-ethyl adjacent to an activating group) is 1. The first-order chi connectivity index (χ1) is 21.0. The third-order valence-electron chi connectivity index (χ3n) is 8.82. The fourth-order valence-corrected chi connectivity index (χ4v) is 7.21. The number of hydrogen-bond acceptors (Lipinski definition) is 9. The van der Waals surface area contributed by atoms with Crippen LogP contribution in [0.4, 0.5) is 28.8 Å². The normalized spacial score (nSPS) is 18.5. The molecule has 1 N–H and O–H groups in total. The summed E-state index contributed by atoms with van der Waals surface area (Å²) < 4.78 is 27.1. The first-order valence-electron chi connectivity index (χ1n) is 14.9. The van der Waals surface area contributed by atoms with Gasteiger partial charge in [0, 0.05) is 63.6 Å². The molecule has 0 aliphatic carbocycles. The van der Waals surface area contributed by atoms with E-state index in [0.717, 1.165) is 68.2 Å².